The summed E-state index contributed by atoms with van der Waals surface area (Å²) in [7, 11) is 0. The zero-order valence-electron chi connectivity index (χ0n) is 18.7. The molecule has 2 aromatic carbocycles. The van der Waals surface area contributed by atoms with E-state index < -0.39 is 5.41 Å². The summed E-state index contributed by atoms with van der Waals surface area (Å²) in [5.74, 6) is 0.604. The van der Waals surface area contributed by atoms with Crippen LogP contribution in [0.5, 0.6) is 0 Å². The zero-order valence-corrected chi connectivity index (χ0v) is 18.7. The number of fused-ring (bicyclic) bond motifs is 1. The van der Waals surface area contributed by atoms with Crippen LogP contribution in [-0.4, -0.2) is 56.7 Å². The molecule has 1 N–H and O–H groups in total. The van der Waals surface area contributed by atoms with Crippen molar-refractivity contribution in [3.63, 3.8) is 0 Å². The molecule has 0 bridgehead atoms. The first-order valence-corrected chi connectivity index (χ1v) is 11.1. The largest absolute Gasteiger partial charge is 0.339 e. The van der Waals surface area contributed by atoms with Crippen LogP contribution in [0.1, 0.15) is 19.4 Å². The monoisotopic (exact) mass is 442 g/mol. The third-order valence-electron chi connectivity index (χ3n) is 6.32. The van der Waals surface area contributed by atoms with Crippen molar-refractivity contribution in [3.05, 3.63) is 82.8 Å². The Morgan fingerprint density at radius 1 is 0.939 bits per heavy atom. The Balaban J connectivity index is 1.36. The molecule has 3 heterocycles. The molecule has 0 unspecified atom stereocenters. The molecule has 8 nitrogen and oxygen atoms in total. The molecule has 0 saturated carbocycles. The number of aromatic nitrogens is 4. The fourth-order valence-electron chi connectivity index (χ4n) is 4.31. The second-order valence-electron chi connectivity index (χ2n) is 8.79. The number of nitrogens with one attached hydrogen (secondary N) is 1. The Morgan fingerprint density at radius 2 is 1.58 bits per heavy atom. The molecule has 1 amide bonds. The number of H-pyrrole nitrogens is 1. The SMILES string of the molecule is CC(C)(C(=O)N1CCN(c2nc3c(cnn3-c3ccccc3)c(=O)[nH]2)CC1)c1ccccc1. The number of carbonyl (C=O) groups excluding carboxylic acids is 1. The van der Waals surface area contributed by atoms with E-state index in [9.17, 15) is 9.59 Å². The van der Waals surface area contributed by atoms with Gasteiger partial charge in [0.15, 0.2) is 5.65 Å². The molecule has 5 rings (SSSR count). The van der Waals surface area contributed by atoms with E-state index in [1.165, 1.54) is 0 Å². The summed E-state index contributed by atoms with van der Waals surface area (Å²) in [6.07, 6.45) is 1.54. The van der Waals surface area contributed by atoms with Crippen LogP contribution in [0.4, 0.5) is 5.95 Å². The number of benzene rings is 2. The summed E-state index contributed by atoms with van der Waals surface area (Å²) >= 11 is 0. The highest BCUT2D eigenvalue weighted by Crippen LogP contribution is 2.26. The van der Waals surface area contributed by atoms with Crippen LogP contribution in [0.25, 0.3) is 16.7 Å². The Kier molecular flexibility index (Phi) is 5.20. The van der Waals surface area contributed by atoms with E-state index in [0.717, 1.165) is 11.3 Å². The minimum Gasteiger partial charge on any atom is -0.339 e. The third-order valence-corrected chi connectivity index (χ3v) is 6.32. The summed E-state index contributed by atoms with van der Waals surface area (Å²) in [5.41, 5.74) is 1.54. The first kappa shape index (κ1) is 20.9. The highest BCUT2D eigenvalue weighted by atomic mass is 16.2. The van der Waals surface area contributed by atoms with Gasteiger partial charge in [-0.25, -0.2) is 4.68 Å². The van der Waals surface area contributed by atoms with Crippen LogP contribution in [0.15, 0.2) is 71.7 Å². The van der Waals surface area contributed by atoms with Crippen LogP contribution < -0.4 is 10.5 Å². The molecule has 0 radical (unpaired) electrons. The lowest BCUT2D eigenvalue weighted by atomic mass is 9.83. The average molecular weight is 443 g/mol. The molecule has 1 fully saturated rings. The zero-order chi connectivity index (χ0) is 23.0. The maximum atomic E-state index is 13.3. The molecule has 2 aromatic heterocycles. The number of hydrogen-bond acceptors (Lipinski definition) is 5. The fourth-order valence-corrected chi connectivity index (χ4v) is 4.31. The van der Waals surface area contributed by atoms with Crippen LogP contribution >= 0.6 is 0 Å². The lowest BCUT2D eigenvalue weighted by molar-refractivity contribution is -0.136. The molecule has 4 aromatic rings. The lowest BCUT2D eigenvalue weighted by Gasteiger charge is -2.39. The first-order valence-electron chi connectivity index (χ1n) is 11.1. The molecule has 1 aliphatic rings. The highest BCUT2D eigenvalue weighted by molar-refractivity contribution is 5.87. The van der Waals surface area contributed by atoms with Crippen molar-refractivity contribution in [1.29, 1.82) is 0 Å². The van der Waals surface area contributed by atoms with Gasteiger partial charge in [0.1, 0.15) is 5.39 Å². The van der Waals surface area contributed by atoms with Crippen LogP contribution in [0.2, 0.25) is 0 Å². The Bertz CT molecular complexity index is 1340. The lowest BCUT2D eigenvalue weighted by Crippen LogP contribution is -2.53. The quantitative estimate of drug-likeness (QED) is 0.525. The van der Waals surface area contributed by atoms with Gasteiger partial charge < -0.3 is 9.80 Å². The third kappa shape index (κ3) is 3.77. The van der Waals surface area contributed by atoms with Gasteiger partial charge >= 0.3 is 0 Å². The van der Waals surface area contributed by atoms with E-state index in [0.29, 0.717) is 43.2 Å². The van der Waals surface area contributed by atoms with Crippen molar-refractivity contribution in [2.75, 3.05) is 31.1 Å². The predicted molar refractivity (Wildman–Crippen MR) is 128 cm³/mol. The topological polar surface area (TPSA) is 87.1 Å². The number of rotatable bonds is 4. The van der Waals surface area contributed by atoms with Crippen molar-refractivity contribution >= 4 is 22.9 Å². The van der Waals surface area contributed by atoms with Crippen LogP contribution in [0, 0.1) is 0 Å². The van der Waals surface area contributed by atoms with E-state index in [1.807, 2.05) is 84.3 Å². The predicted octanol–water partition coefficient (Wildman–Crippen LogP) is 2.74. The smallest absolute Gasteiger partial charge is 0.263 e. The van der Waals surface area contributed by atoms with E-state index in [1.54, 1.807) is 10.9 Å². The van der Waals surface area contributed by atoms with Crippen LogP contribution in [-0.2, 0) is 10.2 Å². The highest BCUT2D eigenvalue weighted by Gasteiger charge is 2.35. The number of carbonyl (C=O) groups is 1. The summed E-state index contributed by atoms with van der Waals surface area (Å²) in [5, 5.41) is 4.81. The van der Waals surface area contributed by atoms with Crippen molar-refractivity contribution in [3.8, 4) is 5.69 Å². The number of para-hydroxylation sites is 1. The van der Waals surface area contributed by atoms with Crippen LogP contribution in [0.3, 0.4) is 0 Å². The van der Waals surface area contributed by atoms with Crippen molar-refractivity contribution in [2.45, 2.75) is 19.3 Å². The van der Waals surface area contributed by atoms with E-state index in [2.05, 4.69) is 10.1 Å². The van der Waals surface area contributed by atoms with Gasteiger partial charge in [-0.05, 0) is 31.5 Å². The summed E-state index contributed by atoms with van der Waals surface area (Å²) in [6, 6.07) is 19.5. The summed E-state index contributed by atoms with van der Waals surface area (Å²) in [6.45, 7) is 6.24. The normalized spacial score (nSPS) is 14.6. The molecular formula is C25H26N6O2. The van der Waals surface area contributed by atoms with Gasteiger partial charge in [0.05, 0.1) is 17.3 Å². The minimum atomic E-state index is -0.600. The fraction of sp³-hybridized carbons (Fsp3) is 0.280. The molecule has 168 valence electrons. The Hall–Kier alpha value is -3.94. The number of amides is 1. The number of aromatic amines is 1. The minimum absolute atomic E-state index is 0.104. The summed E-state index contributed by atoms with van der Waals surface area (Å²) in [4.78, 5) is 37.5. The first-order chi connectivity index (χ1) is 15.9. The second kappa shape index (κ2) is 8.20. The molecule has 1 saturated heterocycles. The number of hydrogen-bond donors (Lipinski definition) is 1. The standard InChI is InChI=1S/C25H26N6O2/c1-25(2,18-9-5-3-6-10-18)23(33)29-13-15-30(16-14-29)24-27-21-20(22(32)28-24)17-26-31(21)19-11-7-4-8-12-19/h3-12,17H,13-16H2,1-2H3,(H,27,28,32). The van der Waals surface area contributed by atoms with Gasteiger partial charge in [0.25, 0.3) is 5.56 Å². The number of nitrogens with zero attached hydrogens (tertiary/aromatic N) is 5. The van der Waals surface area contributed by atoms with Crippen molar-refractivity contribution in [2.24, 2.45) is 0 Å². The van der Waals surface area contributed by atoms with Gasteiger partial charge in [-0.2, -0.15) is 10.1 Å². The molecule has 0 aliphatic carbocycles. The van der Waals surface area contributed by atoms with E-state index in [4.69, 9.17) is 4.98 Å². The summed E-state index contributed by atoms with van der Waals surface area (Å²) < 4.78 is 1.68. The van der Waals surface area contributed by atoms with E-state index >= 15 is 0 Å². The molecule has 1 aliphatic heterocycles. The second-order valence-corrected chi connectivity index (χ2v) is 8.79. The Labute approximate surface area is 191 Å². The molecule has 8 heteroatoms. The molecule has 0 atom stereocenters. The van der Waals surface area contributed by atoms with E-state index in [-0.39, 0.29) is 11.5 Å². The van der Waals surface area contributed by atoms with Gasteiger partial charge in [-0.3, -0.25) is 14.6 Å². The average Bonchev–Trinajstić information content (AvgIpc) is 3.29. The molecular weight excluding hydrogens is 416 g/mol. The maximum Gasteiger partial charge on any atom is 0.263 e. The maximum absolute atomic E-state index is 13.3. The van der Waals surface area contributed by atoms with Crippen molar-refractivity contribution in [1.82, 2.24) is 24.6 Å². The van der Waals surface area contributed by atoms with Gasteiger partial charge in [-0.15, -0.1) is 0 Å². The number of piperazine rings is 1. The van der Waals surface area contributed by atoms with Crippen molar-refractivity contribution < 1.29 is 4.79 Å². The Morgan fingerprint density at radius 3 is 2.24 bits per heavy atom. The van der Waals surface area contributed by atoms with Gasteiger partial charge in [0.2, 0.25) is 11.9 Å². The molecule has 33 heavy (non-hydrogen) atoms. The van der Waals surface area contributed by atoms with Gasteiger partial charge in [0, 0.05) is 26.2 Å². The molecule has 0 spiro atoms. The number of anilines is 1. The van der Waals surface area contributed by atoms with Gasteiger partial charge in [-0.1, -0.05) is 48.5 Å².